The Morgan fingerprint density at radius 2 is 1.56 bits per heavy atom. The fraction of sp³-hybridized carbons (Fsp3) is 0.609. The van der Waals surface area contributed by atoms with Crippen LogP contribution < -0.4 is 15.4 Å². The normalized spacial score (nSPS) is 13.6. The number of alkyl carbamates (subject to hydrolysis) is 1. The average molecular weight is 469 g/mol. The van der Waals surface area contributed by atoms with Crippen LogP contribution >= 0.6 is 11.8 Å². The second kappa shape index (κ2) is 12.0. The molecule has 0 aliphatic heterocycles. The molecule has 9 heteroatoms. The molecule has 1 rings (SSSR count). The highest BCUT2D eigenvalue weighted by atomic mass is 32.2. The van der Waals surface area contributed by atoms with Crippen molar-refractivity contribution in [1.29, 1.82) is 0 Å². The molecule has 0 bridgehead atoms. The molecule has 2 atom stereocenters. The molecule has 1 aromatic carbocycles. The fourth-order valence-electron chi connectivity index (χ4n) is 2.71. The Kier molecular flexibility index (Phi) is 10.3. The second-order valence-corrected chi connectivity index (χ2v) is 10.4. The van der Waals surface area contributed by atoms with E-state index in [2.05, 4.69) is 10.6 Å². The largest absolute Gasteiger partial charge is 0.488 e. The van der Waals surface area contributed by atoms with Gasteiger partial charge in [-0.05, 0) is 77.7 Å². The molecule has 8 nitrogen and oxygen atoms in total. The van der Waals surface area contributed by atoms with Gasteiger partial charge in [-0.2, -0.15) is 11.8 Å². The van der Waals surface area contributed by atoms with Gasteiger partial charge in [-0.15, -0.1) is 0 Å². The third-order valence-electron chi connectivity index (χ3n) is 4.02. The van der Waals surface area contributed by atoms with E-state index in [0.29, 0.717) is 11.5 Å². The summed E-state index contributed by atoms with van der Waals surface area (Å²) in [7, 11) is 0. The van der Waals surface area contributed by atoms with E-state index in [1.807, 2.05) is 27.0 Å². The molecular weight excluding hydrogens is 432 g/mol. The quantitative estimate of drug-likeness (QED) is 0.480. The first-order valence-corrected chi connectivity index (χ1v) is 11.9. The minimum absolute atomic E-state index is 0.162. The molecule has 0 saturated carbocycles. The number of thioether (sulfide) groups is 1. The van der Waals surface area contributed by atoms with Crippen molar-refractivity contribution in [2.45, 2.75) is 77.7 Å². The summed E-state index contributed by atoms with van der Waals surface area (Å²) in [6.45, 7) is 11.0. The van der Waals surface area contributed by atoms with Crippen molar-refractivity contribution in [3.05, 3.63) is 29.8 Å². The van der Waals surface area contributed by atoms with Crippen LogP contribution in [0.3, 0.4) is 0 Å². The van der Waals surface area contributed by atoms with Crippen LogP contribution in [0.15, 0.2) is 24.3 Å². The molecule has 0 unspecified atom stereocenters. The molecule has 2 amide bonds. The Bertz CT molecular complexity index is 768. The number of hydrogen-bond acceptors (Lipinski definition) is 6. The SMILES string of the molecule is CSCC[C@@H](NC(=O)[C@H](Cc1ccc(OC(C)(C)C)cc1)NC(=O)OC(C)(C)C)C(=O)O. The van der Waals surface area contributed by atoms with Gasteiger partial charge >= 0.3 is 12.1 Å². The molecule has 3 N–H and O–H groups in total. The van der Waals surface area contributed by atoms with Gasteiger partial charge in [0.1, 0.15) is 29.0 Å². The van der Waals surface area contributed by atoms with E-state index in [9.17, 15) is 19.5 Å². The molecule has 0 aromatic heterocycles. The van der Waals surface area contributed by atoms with Gasteiger partial charge in [-0.25, -0.2) is 9.59 Å². The van der Waals surface area contributed by atoms with E-state index >= 15 is 0 Å². The van der Waals surface area contributed by atoms with E-state index in [-0.39, 0.29) is 18.4 Å². The van der Waals surface area contributed by atoms with Gasteiger partial charge in [0.15, 0.2) is 0 Å². The second-order valence-electron chi connectivity index (χ2n) is 9.44. The van der Waals surface area contributed by atoms with E-state index < -0.39 is 35.7 Å². The van der Waals surface area contributed by atoms with E-state index in [0.717, 1.165) is 5.56 Å². The van der Waals surface area contributed by atoms with Crippen molar-refractivity contribution in [2.75, 3.05) is 12.0 Å². The number of carboxylic acids is 1. The minimum atomic E-state index is -1.12. The molecule has 0 heterocycles. The van der Waals surface area contributed by atoms with Crippen LogP contribution in [0.25, 0.3) is 0 Å². The lowest BCUT2D eigenvalue weighted by atomic mass is 10.0. The van der Waals surface area contributed by atoms with Gasteiger partial charge < -0.3 is 25.2 Å². The van der Waals surface area contributed by atoms with Gasteiger partial charge in [0, 0.05) is 6.42 Å². The van der Waals surface area contributed by atoms with Gasteiger partial charge in [0.2, 0.25) is 5.91 Å². The lowest BCUT2D eigenvalue weighted by molar-refractivity contribution is -0.142. The highest BCUT2D eigenvalue weighted by molar-refractivity contribution is 7.98. The maximum atomic E-state index is 12.9. The van der Waals surface area contributed by atoms with Crippen molar-refractivity contribution in [2.24, 2.45) is 0 Å². The number of carbonyl (C=O) groups is 3. The van der Waals surface area contributed by atoms with Crippen molar-refractivity contribution < 1.29 is 29.0 Å². The summed E-state index contributed by atoms with van der Waals surface area (Å²) < 4.78 is 11.1. The predicted molar refractivity (Wildman–Crippen MR) is 126 cm³/mol. The van der Waals surface area contributed by atoms with Gasteiger partial charge in [0.05, 0.1) is 0 Å². The van der Waals surface area contributed by atoms with Crippen LogP contribution in [-0.4, -0.2) is 58.4 Å². The topological polar surface area (TPSA) is 114 Å². The van der Waals surface area contributed by atoms with Crippen molar-refractivity contribution in [3.8, 4) is 5.75 Å². The van der Waals surface area contributed by atoms with E-state index in [4.69, 9.17) is 9.47 Å². The van der Waals surface area contributed by atoms with Gasteiger partial charge in [0.25, 0.3) is 0 Å². The molecule has 0 fully saturated rings. The van der Waals surface area contributed by atoms with E-state index in [1.165, 1.54) is 11.8 Å². The average Bonchev–Trinajstić information content (AvgIpc) is 2.63. The Balaban J connectivity index is 3.00. The van der Waals surface area contributed by atoms with Crippen LogP contribution in [0, 0.1) is 0 Å². The Morgan fingerprint density at radius 1 is 0.969 bits per heavy atom. The molecule has 0 radical (unpaired) electrons. The third kappa shape index (κ3) is 11.3. The summed E-state index contributed by atoms with van der Waals surface area (Å²) in [5.41, 5.74) is -0.303. The van der Waals surface area contributed by atoms with Gasteiger partial charge in [-0.3, -0.25) is 4.79 Å². The molecule has 0 saturated heterocycles. The molecule has 0 spiro atoms. The zero-order valence-electron chi connectivity index (χ0n) is 20.0. The molecular formula is C23H36N2O6S. The maximum absolute atomic E-state index is 12.9. The number of benzene rings is 1. The van der Waals surface area contributed by atoms with Crippen LogP contribution in [0.2, 0.25) is 0 Å². The number of rotatable bonds is 10. The Hall–Kier alpha value is -2.42. The highest BCUT2D eigenvalue weighted by Crippen LogP contribution is 2.19. The zero-order valence-corrected chi connectivity index (χ0v) is 20.8. The van der Waals surface area contributed by atoms with Crippen molar-refractivity contribution >= 4 is 29.7 Å². The monoisotopic (exact) mass is 468 g/mol. The maximum Gasteiger partial charge on any atom is 0.408 e. The number of aliphatic carboxylic acids is 1. The fourth-order valence-corrected chi connectivity index (χ4v) is 3.18. The molecule has 180 valence electrons. The summed E-state index contributed by atoms with van der Waals surface area (Å²) in [6.07, 6.45) is 1.55. The lowest BCUT2D eigenvalue weighted by Crippen LogP contribution is -2.53. The summed E-state index contributed by atoms with van der Waals surface area (Å²) in [4.78, 5) is 36.8. The predicted octanol–water partition coefficient (Wildman–Crippen LogP) is 3.62. The van der Waals surface area contributed by atoms with Crippen LogP contribution in [-0.2, 0) is 20.7 Å². The molecule has 0 aliphatic carbocycles. The number of carboxylic acid groups (broad SMARTS) is 1. The number of amides is 2. The van der Waals surface area contributed by atoms with Crippen LogP contribution in [0.4, 0.5) is 4.79 Å². The van der Waals surface area contributed by atoms with Crippen molar-refractivity contribution in [3.63, 3.8) is 0 Å². The Labute approximate surface area is 194 Å². The van der Waals surface area contributed by atoms with Gasteiger partial charge in [-0.1, -0.05) is 12.1 Å². The summed E-state index contributed by atoms with van der Waals surface area (Å²) in [5, 5.41) is 14.5. The highest BCUT2D eigenvalue weighted by Gasteiger charge is 2.28. The number of carbonyl (C=O) groups excluding carboxylic acids is 2. The Morgan fingerprint density at radius 3 is 2.03 bits per heavy atom. The van der Waals surface area contributed by atoms with Crippen LogP contribution in [0.5, 0.6) is 5.75 Å². The van der Waals surface area contributed by atoms with Crippen LogP contribution in [0.1, 0.15) is 53.5 Å². The lowest BCUT2D eigenvalue weighted by Gasteiger charge is -2.25. The summed E-state index contributed by atoms with van der Waals surface area (Å²) in [5.74, 6) is -0.437. The standard InChI is InChI=1S/C23H36N2O6S/c1-22(2,3)30-16-10-8-15(9-11-16)14-18(25-21(29)31-23(4,5)6)19(26)24-17(20(27)28)12-13-32-7/h8-11,17-18H,12-14H2,1-7H3,(H,24,26)(H,25,29)(H,27,28)/t17-,18+/m1/s1. The molecule has 0 aliphatic rings. The first-order valence-electron chi connectivity index (χ1n) is 10.5. The van der Waals surface area contributed by atoms with Crippen molar-refractivity contribution in [1.82, 2.24) is 10.6 Å². The first kappa shape index (κ1) is 27.6. The first-order chi connectivity index (χ1) is 14.7. The number of hydrogen-bond donors (Lipinski definition) is 3. The summed E-state index contributed by atoms with van der Waals surface area (Å²) >= 11 is 1.49. The van der Waals surface area contributed by atoms with E-state index in [1.54, 1.807) is 45.0 Å². The molecule has 32 heavy (non-hydrogen) atoms. The minimum Gasteiger partial charge on any atom is -0.488 e. The molecule has 1 aromatic rings. The third-order valence-corrected chi connectivity index (χ3v) is 4.66. The number of nitrogens with one attached hydrogen (secondary N) is 2. The smallest absolute Gasteiger partial charge is 0.408 e. The number of ether oxygens (including phenoxy) is 2. The summed E-state index contributed by atoms with van der Waals surface area (Å²) in [6, 6.07) is 5.15. The zero-order chi connectivity index (χ0) is 24.5.